The van der Waals surface area contributed by atoms with Gasteiger partial charge in [-0.3, -0.25) is 9.59 Å². The first kappa shape index (κ1) is 16.8. The number of ketones is 1. The second-order valence-electron chi connectivity index (χ2n) is 7.00. The summed E-state index contributed by atoms with van der Waals surface area (Å²) in [6, 6.07) is 9.24. The highest BCUT2D eigenvalue weighted by atomic mass is 35.5. The molecule has 126 valence electrons. The fraction of sp³-hybridized carbons (Fsp3) is 0.368. The lowest BCUT2D eigenvalue weighted by molar-refractivity contribution is -0.139. The molecule has 0 unspecified atom stereocenters. The van der Waals surface area contributed by atoms with Crippen molar-refractivity contribution in [2.24, 2.45) is 5.41 Å². The highest BCUT2D eigenvalue weighted by Crippen LogP contribution is 2.38. The Balaban J connectivity index is 2.18. The normalized spacial score (nSPS) is 15.9. The van der Waals surface area contributed by atoms with Crippen LogP contribution in [0.15, 0.2) is 30.3 Å². The molecule has 0 saturated heterocycles. The summed E-state index contributed by atoms with van der Waals surface area (Å²) in [6.07, 6.45) is 1.42. The number of aromatic nitrogens is 1. The first-order valence-corrected chi connectivity index (χ1v) is 8.28. The molecule has 24 heavy (non-hydrogen) atoms. The van der Waals surface area contributed by atoms with Crippen molar-refractivity contribution < 1.29 is 14.3 Å². The topological polar surface area (TPSA) is 48.3 Å². The SMILES string of the molecule is COC(=O)Cc1cc2c(n1-c1ccc(Cl)cc1)CC(C)(C)CC2=O. The van der Waals surface area contributed by atoms with E-state index in [0.717, 1.165) is 23.5 Å². The molecular formula is C19H20ClNO3. The van der Waals surface area contributed by atoms with Gasteiger partial charge in [-0.25, -0.2) is 0 Å². The maximum atomic E-state index is 12.6. The van der Waals surface area contributed by atoms with Crippen molar-refractivity contribution in [2.75, 3.05) is 7.11 Å². The van der Waals surface area contributed by atoms with E-state index in [2.05, 4.69) is 13.8 Å². The number of methoxy groups -OCH3 is 1. The molecule has 1 aromatic carbocycles. The van der Waals surface area contributed by atoms with Crippen LogP contribution in [0.1, 0.15) is 42.0 Å². The maximum Gasteiger partial charge on any atom is 0.311 e. The number of carbonyl (C=O) groups is 2. The second kappa shape index (κ2) is 6.10. The number of ether oxygens (including phenoxy) is 1. The van der Waals surface area contributed by atoms with E-state index in [1.807, 2.05) is 22.8 Å². The molecule has 1 heterocycles. The third kappa shape index (κ3) is 3.11. The summed E-state index contributed by atoms with van der Waals surface area (Å²) in [6.45, 7) is 4.18. The van der Waals surface area contributed by atoms with Crippen molar-refractivity contribution in [3.05, 3.63) is 52.3 Å². The Morgan fingerprint density at radius 3 is 2.54 bits per heavy atom. The largest absolute Gasteiger partial charge is 0.469 e. The lowest BCUT2D eigenvalue weighted by atomic mass is 9.76. The van der Waals surface area contributed by atoms with Crippen LogP contribution in [-0.2, 0) is 22.4 Å². The van der Waals surface area contributed by atoms with Gasteiger partial charge in [0.25, 0.3) is 0 Å². The molecule has 3 rings (SSSR count). The summed E-state index contributed by atoms with van der Waals surface area (Å²) >= 11 is 5.99. The van der Waals surface area contributed by atoms with Gasteiger partial charge in [-0.05, 0) is 42.2 Å². The number of benzene rings is 1. The third-order valence-electron chi connectivity index (χ3n) is 4.40. The fourth-order valence-corrected chi connectivity index (χ4v) is 3.46. The molecule has 0 amide bonds. The summed E-state index contributed by atoms with van der Waals surface area (Å²) < 4.78 is 6.81. The molecular weight excluding hydrogens is 326 g/mol. The summed E-state index contributed by atoms with van der Waals surface area (Å²) in [5.74, 6) is -0.202. The van der Waals surface area contributed by atoms with Gasteiger partial charge < -0.3 is 9.30 Å². The van der Waals surface area contributed by atoms with Gasteiger partial charge in [-0.15, -0.1) is 0 Å². The number of esters is 1. The Morgan fingerprint density at radius 2 is 1.92 bits per heavy atom. The first-order valence-electron chi connectivity index (χ1n) is 7.90. The number of carbonyl (C=O) groups excluding carboxylic acids is 2. The van der Waals surface area contributed by atoms with Crippen molar-refractivity contribution in [1.29, 1.82) is 0 Å². The number of halogens is 1. The molecule has 0 radical (unpaired) electrons. The summed E-state index contributed by atoms with van der Waals surface area (Å²) in [5.41, 5.74) is 3.22. The second-order valence-corrected chi connectivity index (χ2v) is 7.44. The molecule has 1 aromatic heterocycles. The van der Waals surface area contributed by atoms with Crippen LogP contribution in [0.25, 0.3) is 5.69 Å². The van der Waals surface area contributed by atoms with E-state index in [0.29, 0.717) is 17.0 Å². The van der Waals surface area contributed by atoms with Gasteiger partial charge in [-0.2, -0.15) is 0 Å². The third-order valence-corrected chi connectivity index (χ3v) is 4.65. The predicted molar refractivity (Wildman–Crippen MR) is 92.9 cm³/mol. The van der Waals surface area contributed by atoms with Gasteiger partial charge in [0.1, 0.15) is 0 Å². The van der Waals surface area contributed by atoms with Crippen LogP contribution in [0, 0.1) is 5.41 Å². The standard InChI is InChI=1S/C19H20ClNO3/c1-19(2)10-16-15(17(22)11-19)8-14(9-18(23)24-3)21(16)13-6-4-12(20)5-7-13/h4-8H,9-11H2,1-3H3. The zero-order chi connectivity index (χ0) is 17.5. The number of nitrogens with zero attached hydrogens (tertiary/aromatic N) is 1. The number of fused-ring (bicyclic) bond motifs is 1. The van der Waals surface area contributed by atoms with E-state index in [1.165, 1.54) is 7.11 Å². The highest BCUT2D eigenvalue weighted by Gasteiger charge is 2.35. The number of hydrogen-bond acceptors (Lipinski definition) is 3. The number of Topliss-reactive ketones (excluding diaryl/α,β-unsaturated/α-hetero) is 1. The van der Waals surface area contributed by atoms with E-state index < -0.39 is 0 Å². The average molecular weight is 346 g/mol. The van der Waals surface area contributed by atoms with E-state index >= 15 is 0 Å². The van der Waals surface area contributed by atoms with Crippen molar-refractivity contribution in [3.8, 4) is 5.69 Å². The Bertz CT molecular complexity index is 803. The first-order chi connectivity index (χ1) is 11.3. The predicted octanol–water partition coefficient (Wildman–Crippen LogP) is 4.00. The minimum atomic E-state index is -0.327. The smallest absolute Gasteiger partial charge is 0.311 e. The van der Waals surface area contributed by atoms with Gasteiger partial charge >= 0.3 is 5.97 Å². The molecule has 1 aliphatic rings. The molecule has 2 aromatic rings. The van der Waals surface area contributed by atoms with Gasteiger partial charge in [0.05, 0.1) is 13.5 Å². The molecule has 0 N–H and O–H groups in total. The van der Waals surface area contributed by atoms with Crippen LogP contribution < -0.4 is 0 Å². The fourth-order valence-electron chi connectivity index (χ4n) is 3.33. The van der Waals surface area contributed by atoms with Crippen LogP contribution >= 0.6 is 11.6 Å². The van der Waals surface area contributed by atoms with E-state index in [9.17, 15) is 9.59 Å². The van der Waals surface area contributed by atoms with Crippen LogP contribution in [-0.4, -0.2) is 23.4 Å². The van der Waals surface area contributed by atoms with E-state index in [1.54, 1.807) is 12.1 Å². The lowest BCUT2D eigenvalue weighted by Gasteiger charge is -2.30. The molecule has 0 bridgehead atoms. The molecule has 0 fully saturated rings. The van der Waals surface area contributed by atoms with Crippen molar-refractivity contribution >= 4 is 23.4 Å². The molecule has 1 aliphatic carbocycles. The summed E-state index contributed by atoms with van der Waals surface area (Å²) in [5, 5.41) is 0.644. The van der Waals surface area contributed by atoms with Crippen LogP contribution in [0.5, 0.6) is 0 Å². The highest BCUT2D eigenvalue weighted by molar-refractivity contribution is 6.30. The molecule has 0 aliphatic heterocycles. The van der Waals surface area contributed by atoms with Crippen molar-refractivity contribution in [1.82, 2.24) is 4.57 Å². The van der Waals surface area contributed by atoms with Crippen LogP contribution in [0.3, 0.4) is 0 Å². The zero-order valence-corrected chi connectivity index (χ0v) is 14.8. The molecule has 0 spiro atoms. The summed E-state index contributed by atoms with van der Waals surface area (Å²) in [4.78, 5) is 24.4. The van der Waals surface area contributed by atoms with Crippen LogP contribution in [0.2, 0.25) is 5.02 Å². The van der Waals surface area contributed by atoms with Gasteiger partial charge in [0.15, 0.2) is 5.78 Å². The Hall–Kier alpha value is -2.07. The van der Waals surface area contributed by atoms with E-state index in [-0.39, 0.29) is 23.6 Å². The Labute approximate surface area is 146 Å². The molecule has 5 heteroatoms. The zero-order valence-electron chi connectivity index (χ0n) is 14.1. The minimum absolute atomic E-state index is 0.102. The van der Waals surface area contributed by atoms with Crippen molar-refractivity contribution in [3.63, 3.8) is 0 Å². The molecule has 4 nitrogen and oxygen atoms in total. The Kier molecular flexibility index (Phi) is 4.26. The molecule has 0 saturated carbocycles. The monoisotopic (exact) mass is 345 g/mol. The van der Waals surface area contributed by atoms with Gasteiger partial charge in [0, 0.05) is 34.1 Å². The van der Waals surface area contributed by atoms with Crippen LogP contribution in [0.4, 0.5) is 0 Å². The number of hydrogen-bond donors (Lipinski definition) is 0. The average Bonchev–Trinajstić information content (AvgIpc) is 2.85. The maximum absolute atomic E-state index is 12.6. The Morgan fingerprint density at radius 1 is 1.25 bits per heavy atom. The van der Waals surface area contributed by atoms with Crippen molar-refractivity contribution in [2.45, 2.75) is 33.1 Å². The minimum Gasteiger partial charge on any atom is -0.469 e. The lowest BCUT2D eigenvalue weighted by Crippen LogP contribution is -2.28. The van der Waals surface area contributed by atoms with Gasteiger partial charge in [0.2, 0.25) is 0 Å². The summed E-state index contributed by atoms with van der Waals surface area (Å²) in [7, 11) is 1.37. The van der Waals surface area contributed by atoms with Gasteiger partial charge in [-0.1, -0.05) is 25.4 Å². The molecule has 0 atom stereocenters. The van der Waals surface area contributed by atoms with E-state index in [4.69, 9.17) is 16.3 Å². The number of rotatable bonds is 3. The quantitative estimate of drug-likeness (QED) is 0.790.